The van der Waals surface area contributed by atoms with Gasteiger partial charge in [0.2, 0.25) is 5.91 Å². The Labute approximate surface area is 122 Å². The van der Waals surface area contributed by atoms with Crippen LogP contribution in [0.5, 0.6) is 0 Å². The van der Waals surface area contributed by atoms with Gasteiger partial charge in [-0.3, -0.25) is 14.7 Å². The fraction of sp³-hybridized carbons (Fsp3) is 0.0625. The minimum Gasteiger partial charge on any atom is -0.478 e. The average molecular weight is 282 g/mol. The number of hydrogen-bond donors (Lipinski definition) is 1. The fourth-order valence-corrected chi connectivity index (χ4v) is 1.91. The smallest absolute Gasteiger partial charge is 0.328 e. The Bertz CT molecular complexity index is 664. The van der Waals surface area contributed by atoms with Crippen molar-refractivity contribution in [3.05, 3.63) is 60.4 Å². The molecule has 0 aliphatic carbocycles. The molecule has 106 valence electrons. The van der Waals surface area contributed by atoms with Crippen LogP contribution in [0.1, 0.15) is 12.5 Å². The third-order valence-electron chi connectivity index (χ3n) is 2.81. The number of anilines is 2. The van der Waals surface area contributed by atoms with Crippen LogP contribution in [-0.4, -0.2) is 22.0 Å². The molecule has 0 unspecified atom stereocenters. The number of carboxylic acids is 1. The molecule has 1 aromatic carbocycles. The van der Waals surface area contributed by atoms with Gasteiger partial charge in [-0.15, -0.1) is 0 Å². The highest BCUT2D eigenvalue weighted by atomic mass is 16.4. The summed E-state index contributed by atoms with van der Waals surface area (Å²) >= 11 is 0. The van der Waals surface area contributed by atoms with Crippen molar-refractivity contribution in [2.75, 3.05) is 4.90 Å². The number of nitrogens with zero attached hydrogens (tertiary/aromatic N) is 2. The number of carboxylic acid groups (broad SMARTS) is 1. The van der Waals surface area contributed by atoms with Crippen molar-refractivity contribution in [3.63, 3.8) is 0 Å². The molecule has 0 radical (unpaired) electrons. The molecule has 0 atom stereocenters. The Morgan fingerprint density at radius 2 is 1.62 bits per heavy atom. The van der Waals surface area contributed by atoms with Gasteiger partial charge in [-0.05, 0) is 35.9 Å². The van der Waals surface area contributed by atoms with Gasteiger partial charge in [-0.2, -0.15) is 0 Å². The SMILES string of the molecule is CC(=O)N(c1ccncc1)c1ccc(C=CC(=O)O)cc1. The molecular weight excluding hydrogens is 268 g/mol. The largest absolute Gasteiger partial charge is 0.478 e. The Hall–Kier alpha value is -2.95. The van der Waals surface area contributed by atoms with Gasteiger partial charge < -0.3 is 5.11 Å². The molecule has 1 amide bonds. The summed E-state index contributed by atoms with van der Waals surface area (Å²) in [6.07, 6.45) is 5.81. The summed E-state index contributed by atoms with van der Waals surface area (Å²) < 4.78 is 0. The summed E-state index contributed by atoms with van der Waals surface area (Å²) in [6.45, 7) is 1.48. The number of aromatic nitrogens is 1. The fourth-order valence-electron chi connectivity index (χ4n) is 1.91. The summed E-state index contributed by atoms with van der Waals surface area (Å²) in [5, 5.41) is 8.59. The van der Waals surface area contributed by atoms with E-state index in [9.17, 15) is 9.59 Å². The van der Waals surface area contributed by atoms with Crippen molar-refractivity contribution in [2.24, 2.45) is 0 Å². The minimum absolute atomic E-state index is 0.116. The first-order valence-electron chi connectivity index (χ1n) is 6.30. The molecule has 1 aromatic heterocycles. The van der Waals surface area contributed by atoms with Crippen LogP contribution >= 0.6 is 0 Å². The lowest BCUT2D eigenvalue weighted by molar-refractivity contribution is -0.131. The summed E-state index contributed by atoms with van der Waals surface area (Å²) in [4.78, 5) is 27.8. The van der Waals surface area contributed by atoms with E-state index in [1.165, 1.54) is 13.0 Å². The third kappa shape index (κ3) is 3.76. The number of carbonyl (C=O) groups excluding carboxylic acids is 1. The maximum Gasteiger partial charge on any atom is 0.328 e. The van der Waals surface area contributed by atoms with Crippen molar-refractivity contribution in [2.45, 2.75) is 6.92 Å². The first-order valence-corrected chi connectivity index (χ1v) is 6.30. The first kappa shape index (κ1) is 14.5. The predicted molar refractivity (Wildman–Crippen MR) is 80.2 cm³/mol. The molecule has 5 nitrogen and oxygen atoms in total. The molecule has 1 heterocycles. The summed E-state index contributed by atoms with van der Waals surface area (Å²) in [7, 11) is 0. The lowest BCUT2D eigenvalue weighted by Gasteiger charge is -2.21. The van der Waals surface area contributed by atoms with Gasteiger partial charge in [0.1, 0.15) is 0 Å². The normalized spacial score (nSPS) is 10.5. The molecule has 5 heteroatoms. The molecule has 21 heavy (non-hydrogen) atoms. The Kier molecular flexibility index (Phi) is 4.46. The Morgan fingerprint density at radius 1 is 1.05 bits per heavy atom. The molecule has 1 N–H and O–H groups in total. The van der Waals surface area contributed by atoms with E-state index in [4.69, 9.17) is 5.11 Å². The lowest BCUT2D eigenvalue weighted by Crippen LogP contribution is -2.22. The van der Waals surface area contributed by atoms with E-state index in [1.54, 1.807) is 53.7 Å². The number of hydrogen-bond acceptors (Lipinski definition) is 3. The highest BCUT2D eigenvalue weighted by Crippen LogP contribution is 2.25. The van der Waals surface area contributed by atoms with Gasteiger partial charge in [0.25, 0.3) is 0 Å². The molecule has 2 aromatic rings. The maximum atomic E-state index is 11.9. The van der Waals surface area contributed by atoms with Crippen LogP contribution in [0.15, 0.2) is 54.9 Å². The number of pyridine rings is 1. The molecule has 0 aliphatic rings. The van der Waals surface area contributed by atoms with Crippen LogP contribution in [0.25, 0.3) is 6.08 Å². The molecule has 2 rings (SSSR count). The van der Waals surface area contributed by atoms with Gasteiger partial charge in [-0.25, -0.2) is 4.79 Å². The molecule has 0 fully saturated rings. The summed E-state index contributed by atoms with van der Waals surface area (Å²) in [6, 6.07) is 10.5. The minimum atomic E-state index is -0.999. The van der Waals surface area contributed by atoms with Crippen molar-refractivity contribution in [3.8, 4) is 0 Å². The van der Waals surface area contributed by atoms with Crippen LogP contribution in [0, 0.1) is 0 Å². The molecule has 0 spiro atoms. The zero-order chi connectivity index (χ0) is 15.2. The summed E-state index contributed by atoms with van der Waals surface area (Å²) in [5.41, 5.74) is 2.19. The topological polar surface area (TPSA) is 70.5 Å². The predicted octanol–water partition coefficient (Wildman–Crippen LogP) is 2.86. The second-order valence-electron chi connectivity index (χ2n) is 4.32. The van der Waals surface area contributed by atoms with E-state index in [2.05, 4.69) is 4.98 Å². The number of amides is 1. The van der Waals surface area contributed by atoms with Crippen LogP contribution in [0.4, 0.5) is 11.4 Å². The standard InChI is InChI=1S/C16H14N2O3/c1-12(19)18(15-8-10-17-11-9-15)14-5-2-13(3-6-14)4-7-16(20)21/h2-11H,1H3,(H,20,21). The number of aliphatic carboxylic acids is 1. The van der Waals surface area contributed by atoms with E-state index in [1.807, 2.05) is 0 Å². The van der Waals surface area contributed by atoms with E-state index in [0.717, 1.165) is 17.3 Å². The average Bonchev–Trinajstić information content (AvgIpc) is 2.47. The van der Waals surface area contributed by atoms with Crippen molar-refractivity contribution in [1.82, 2.24) is 4.98 Å². The highest BCUT2D eigenvalue weighted by Gasteiger charge is 2.13. The number of benzene rings is 1. The molecule has 0 saturated carbocycles. The lowest BCUT2D eigenvalue weighted by atomic mass is 10.1. The van der Waals surface area contributed by atoms with Crippen LogP contribution in [0.3, 0.4) is 0 Å². The van der Waals surface area contributed by atoms with E-state index in [0.29, 0.717) is 5.69 Å². The Morgan fingerprint density at radius 3 is 2.14 bits per heavy atom. The quantitative estimate of drug-likeness (QED) is 0.875. The van der Waals surface area contributed by atoms with Gasteiger partial charge in [0, 0.05) is 31.1 Å². The third-order valence-corrected chi connectivity index (χ3v) is 2.81. The zero-order valence-electron chi connectivity index (χ0n) is 11.4. The number of carbonyl (C=O) groups is 2. The van der Waals surface area contributed by atoms with Gasteiger partial charge >= 0.3 is 5.97 Å². The van der Waals surface area contributed by atoms with Gasteiger partial charge in [0.15, 0.2) is 0 Å². The molecule has 0 aliphatic heterocycles. The highest BCUT2D eigenvalue weighted by molar-refractivity contribution is 5.99. The van der Waals surface area contributed by atoms with E-state index < -0.39 is 5.97 Å². The monoisotopic (exact) mass is 282 g/mol. The zero-order valence-corrected chi connectivity index (χ0v) is 11.4. The maximum absolute atomic E-state index is 11.9. The summed E-state index contributed by atoms with van der Waals surface area (Å²) in [5.74, 6) is -1.11. The number of rotatable bonds is 4. The molecule has 0 bridgehead atoms. The molecule has 0 saturated heterocycles. The van der Waals surface area contributed by atoms with Crippen molar-refractivity contribution < 1.29 is 14.7 Å². The molecular formula is C16H14N2O3. The second-order valence-corrected chi connectivity index (χ2v) is 4.32. The van der Waals surface area contributed by atoms with E-state index in [-0.39, 0.29) is 5.91 Å². The van der Waals surface area contributed by atoms with Crippen LogP contribution in [-0.2, 0) is 9.59 Å². The van der Waals surface area contributed by atoms with Gasteiger partial charge in [0.05, 0.1) is 5.69 Å². The van der Waals surface area contributed by atoms with Crippen LogP contribution in [0.2, 0.25) is 0 Å². The van der Waals surface area contributed by atoms with E-state index >= 15 is 0 Å². The van der Waals surface area contributed by atoms with Crippen molar-refractivity contribution >= 4 is 29.3 Å². The van der Waals surface area contributed by atoms with Crippen molar-refractivity contribution in [1.29, 1.82) is 0 Å². The second kappa shape index (κ2) is 6.47. The van der Waals surface area contributed by atoms with Crippen LogP contribution < -0.4 is 4.90 Å². The first-order chi connectivity index (χ1) is 10.1. The Balaban J connectivity index is 2.30. The van der Waals surface area contributed by atoms with Gasteiger partial charge in [-0.1, -0.05) is 12.1 Å².